The normalized spacial score (nSPS) is 12.0. The summed E-state index contributed by atoms with van der Waals surface area (Å²) in [7, 11) is 0. The molecule has 0 bridgehead atoms. The van der Waals surface area contributed by atoms with Crippen LogP contribution in [-0.2, 0) is 0 Å². The Bertz CT molecular complexity index is 214. The van der Waals surface area contributed by atoms with Crippen LogP contribution in [0.4, 0.5) is 0 Å². The molecule has 0 amide bonds. The van der Waals surface area contributed by atoms with Crippen LogP contribution in [0.1, 0.15) is 124 Å². The average molecular weight is 295 g/mol. The Morgan fingerprint density at radius 1 is 0.524 bits per heavy atom. The van der Waals surface area contributed by atoms with E-state index < -0.39 is 0 Å². The van der Waals surface area contributed by atoms with E-state index in [9.17, 15) is 0 Å². The first-order valence-electron chi connectivity index (χ1n) is 10.0. The molecule has 21 heavy (non-hydrogen) atoms. The van der Waals surface area contributed by atoms with Gasteiger partial charge in [0.2, 0.25) is 0 Å². The minimum Gasteiger partial charge on any atom is -0.0856 e. The topological polar surface area (TPSA) is 0 Å². The van der Waals surface area contributed by atoms with Crippen molar-refractivity contribution in [2.24, 2.45) is 0 Å². The molecule has 0 aromatic carbocycles. The molecule has 0 aliphatic heterocycles. The number of hydrogen-bond donors (Lipinski definition) is 0. The van der Waals surface area contributed by atoms with E-state index in [1.165, 1.54) is 103 Å². The van der Waals surface area contributed by atoms with Gasteiger partial charge in [0.25, 0.3) is 0 Å². The maximum atomic E-state index is 2.50. The predicted octanol–water partition coefficient (Wildman–Crippen LogP) is 8.21. The molecule has 0 heterocycles. The van der Waals surface area contributed by atoms with E-state index in [0.29, 0.717) is 0 Å². The Morgan fingerprint density at radius 2 is 0.905 bits per heavy atom. The monoisotopic (exact) mass is 294 g/mol. The Balaban J connectivity index is 3.45. The second-order valence-electron chi connectivity index (χ2n) is 6.66. The van der Waals surface area contributed by atoms with Crippen LogP contribution in [0.5, 0.6) is 0 Å². The van der Waals surface area contributed by atoms with Crippen LogP contribution >= 0.6 is 0 Å². The molecule has 0 saturated heterocycles. The fraction of sp³-hybridized carbons (Fsp3) is 0.905. The van der Waals surface area contributed by atoms with Crippen molar-refractivity contribution in [2.75, 3.05) is 0 Å². The van der Waals surface area contributed by atoms with Gasteiger partial charge in [-0.1, -0.05) is 103 Å². The van der Waals surface area contributed by atoms with Crippen LogP contribution in [0.15, 0.2) is 11.6 Å². The number of rotatable bonds is 16. The Kier molecular flexibility index (Phi) is 17.6. The lowest BCUT2D eigenvalue weighted by Crippen LogP contribution is -1.88. The lowest BCUT2D eigenvalue weighted by Gasteiger charge is -2.08. The molecule has 0 aliphatic carbocycles. The Labute approximate surface area is 135 Å². The van der Waals surface area contributed by atoms with Crippen LogP contribution in [0.3, 0.4) is 0 Å². The summed E-state index contributed by atoms with van der Waals surface area (Å²) in [6.45, 7) is 6.87. The van der Waals surface area contributed by atoms with Gasteiger partial charge in [-0.15, -0.1) is 0 Å². The highest BCUT2D eigenvalue weighted by molar-refractivity contribution is 5.01. The van der Waals surface area contributed by atoms with Crippen LogP contribution < -0.4 is 0 Å². The molecular formula is C21H42. The van der Waals surface area contributed by atoms with Crippen molar-refractivity contribution in [3.8, 4) is 0 Å². The zero-order valence-electron chi connectivity index (χ0n) is 15.4. The van der Waals surface area contributed by atoms with Gasteiger partial charge in [0.05, 0.1) is 0 Å². The van der Waals surface area contributed by atoms with E-state index in [1.807, 2.05) is 0 Å². The second kappa shape index (κ2) is 17.8. The molecule has 0 radical (unpaired) electrons. The highest BCUT2D eigenvalue weighted by atomic mass is 14.0. The summed E-state index contributed by atoms with van der Waals surface area (Å²) in [5, 5.41) is 0. The van der Waals surface area contributed by atoms with E-state index in [-0.39, 0.29) is 0 Å². The maximum absolute atomic E-state index is 2.50. The van der Waals surface area contributed by atoms with E-state index in [4.69, 9.17) is 0 Å². The summed E-state index contributed by atoms with van der Waals surface area (Å²) >= 11 is 0. The van der Waals surface area contributed by atoms with Crippen molar-refractivity contribution < 1.29 is 0 Å². The highest BCUT2D eigenvalue weighted by Gasteiger charge is 1.99. The lowest BCUT2D eigenvalue weighted by atomic mass is 9.99. The van der Waals surface area contributed by atoms with Crippen LogP contribution in [-0.4, -0.2) is 0 Å². The van der Waals surface area contributed by atoms with Crippen LogP contribution in [0, 0.1) is 0 Å². The first-order valence-corrected chi connectivity index (χ1v) is 10.0. The summed E-state index contributed by atoms with van der Waals surface area (Å²) in [6, 6.07) is 0. The molecule has 0 fully saturated rings. The minimum atomic E-state index is 1.22. The molecule has 0 saturated carbocycles. The fourth-order valence-electron chi connectivity index (χ4n) is 3.06. The maximum Gasteiger partial charge on any atom is -0.0320 e. The molecule has 126 valence electrons. The van der Waals surface area contributed by atoms with Gasteiger partial charge in [0.1, 0.15) is 0 Å². The van der Waals surface area contributed by atoms with Crippen LogP contribution in [0.25, 0.3) is 0 Å². The first kappa shape index (κ1) is 20.7. The van der Waals surface area contributed by atoms with E-state index >= 15 is 0 Å². The molecule has 0 aromatic rings. The largest absolute Gasteiger partial charge is 0.0856 e. The SMILES string of the molecule is CC/C=C(\CCCCCC)CCCCCCCCCCC. The number of allylic oxidation sites excluding steroid dienone is 2. The highest BCUT2D eigenvalue weighted by Crippen LogP contribution is 2.18. The van der Waals surface area contributed by atoms with Crippen molar-refractivity contribution in [3.63, 3.8) is 0 Å². The molecule has 0 unspecified atom stereocenters. The number of unbranched alkanes of at least 4 members (excludes halogenated alkanes) is 11. The fourth-order valence-corrected chi connectivity index (χ4v) is 3.06. The molecule has 0 heteroatoms. The van der Waals surface area contributed by atoms with E-state index in [2.05, 4.69) is 26.8 Å². The zero-order chi connectivity index (χ0) is 15.6. The smallest absolute Gasteiger partial charge is 0.0320 e. The van der Waals surface area contributed by atoms with Gasteiger partial charge in [-0.2, -0.15) is 0 Å². The first-order chi connectivity index (χ1) is 10.3. The Morgan fingerprint density at radius 3 is 1.33 bits per heavy atom. The summed E-state index contributed by atoms with van der Waals surface area (Å²) in [4.78, 5) is 0. The molecule has 0 N–H and O–H groups in total. The van der Waals surface area contributed by atoms with Crippen molar-refractivity contribution in [1.82, 2.24) is 0 Å². The molecular weight excluding hydrogens is 252 g/mol. The van der Waals surface area contributed by atoms with Gasteiger partial charge in [0, 0.05) is 0 Å². The molecule has 0 aliphatic rings. The third-order valence-electron chi connectivity index (χ3n) is 4.45. The van der Waals surface area contributed by atoms with Crippen molar-refractivity contribution in [3.05, 3.63) is 11.6 Å². The van der Waals surface area contributed by atoms with E-state index in [1.54, 1.807) is 5.57 Å². The molecule has 0 rings (SSSR count). The standard InChI is InChI=1S/C21H42/c1-4-7-9-11-12-13-14-15-17-20-21(18-6-3)19-16-10-8-5-2/h18H,4-17,19-20H2,1-3H3/b21-18+. The van der Waals surface area contributed by atoms with Crippen molar-refractivity contribution >= 4 is 0 Å². The van der Waals surface area contributed by atoms with Gasteiger partial charge < -0.3 is 0 Å². The van der Waals surface area contributed by atoms with Gasteiger partial charge in [0.15, 0.2) is 0 Å². The third-order valence-corrected chi connectivity index (χ3v) is 4.45. The predicted molar refractivity (Wildman–Crippen MR) is 99.0 cm³/mol. The average Bonchev–Trinajstić information content (AvgIpc) is 2.49. The van der Waals surface area contributed by atoms with Crippen LogP contribution in [0.2, 0.25) is 0 Å². The quantitative estimate of drug-likeness (QED) is 0.199. The summed E-state index contributed by atoms with van der Waals surface area (Å²) in [5.41, 5.74) is 1.75. The van der Waals surface area contributed by atoms with E-state index in [0.717, 1.165) is 0 Å². The van der Waals surface area contributed by atoms with Crippen molar-refractivity contribution in [2.45, 2.75) is 124 Å². The Hall–Kier alpha value is -0.260. The molecule has 0 atom stereocenters. The number of hydrogen-bond acceptors (Lipinski definition) is 0. The van der Waals surface area contributed by atoms with Gasteiger partial charge in [-0.3, -0.25) is 0 Å². The van der Waals surface area contributed by atoms with Gasteiger partial charge >= 0.3 is 0 Å². The molecule has 0 aromatic heterocycles. The summed E-state index contributed by atoms with van der Waals surface area (Å²) < 4.78 is 0. The minimum absolute atomic E-state index is 1.22. The van der Waals surface area contributed by atoms with Gasteiger partial charge in [-0.05, 0) is 32.1 Å². The van der Waals surface area contributed by atoms with Gasteiger partial charge in [-0.25, -0.2) is 0 Å². The van der Waals surface area contributed by atoms with Crippen molar-refractivity contribution in [1.29, 1.82) is 0 Å². The zero-order valence-corrected chi connectivity index (χ0v) is 15.4. The third kappa shape index (κ3) is 15.9. The summed E-state index contributed by atoms with van der Waals surface area (Å²) in [6.07, 6.45) is 25.0. The molecule has 0 spiro atoms. The lowest BCUT2D eigenvalue weighted by molar-refractivity contribution is 0.560. The second-order valence-corrected chi connectivity index (χ2v) is 6.66. The molecule has 0 nitrogen and oxygen atoms in total. The summed E-state index contributed by atoms with van der Waals surface area (Å²) in [5.74, 6) is 0.